The third kappa shape index (κ3) is 5.21. The Labute approximate surface area is 126 Å². The lowest BCUT2D eigenvalue weighted by atomic mass is 9.95. The van der Waals surface area contributed by atoms with Crippen LogP contribution in [0.25, 0.3) is 0 Å². The third-order valence-corrected chi connectivity index (χ3v) is 3.69. The topological polar surface area (TPSA) is 57.6 Å². The number of carbonyl (C=O) groups excluding carboxylic acids is 1. The summed E-state index contributed by atoms with van der Waals surface area (Å²) in [5.41, 5.74) is 2.38. The van der Waals surface area contributed by atoms with Crippen LogP contribution in [0, 0.1) is 0 Å². The number of amides is 1. The smallest absolute Gasteiger partial charge is 0.323 e. The van der Waals surface area contributed by atoms with E-state index in [-0.39, 0.29) is 24.4 Å². The molecule has 1 atom stereocenters. The molecular formula is C17H25NO3. The molecule has 1 N–H and O–H groups in total. The molecule has 0 heterocycles. The highest BCUT2D eigenvalue weighted by Gasteiger charge is 2.22. The highest BCUT2D eigenvalue weighted by Crippen LogP contribution is 2.21. The lowest BCUT2D eigenvalue weighted by molar-refractivity contribution is -0.145. The third-order valence-electron chi connectivity index (χ3n) is 3.69. The van der Waals surface area contributed by atoms with E-state index >= 15 is 0 Å². The Morgan fingerprint density at radius 2 is 1.71 bits per heavy atom. The second kappa shape index (κ2) is 7.81. The Morgan fingerprint density at radius 1 is 1.14 bits per heavy atom. The van der Waals surface area contributed by atoms with Crippen LogP contribution in [0.3, 0.4) is 0 Å². The standard InChI is InChI=1S/C17H25NO3/c1-5-14-6-8-15(9-7-14)13(4)10-16(19)18(12(2)3)11-17(20)21/h6-9,12-13H,5,10-11H2,1-4H3,(H,20,21). The van der Waals surface area contributed by atoms with Crippen molar-refractivity contribution in [3.63, 3.8) is 0 Å². The summed E-state index contributed by atoms with van der Waals surface area (Å²) in [5, 5.41) is 8.90. The summed E-state index contributed by atoms with van der Waals surface area (Å²) in [6.45, 7) is 7.54. The summed E-state index contributed by atoms with van der Waals surface area (Å²) >= 11 is 0. The number of carbonyl (C=O) groups is 2. The van der Waals surface area contributed by atoms with Gasteiger partial charge in [0.15, 0.2) is 0 Å². The maximum atomic E-state index is 12.3. The molecule has 0 saturated heterocycles. The minimum absolute atomic E-state index is 0.0819. The van der Waals surface area contributed by atoms with Gasteiger partial charge in [-0.25, -0.2) is 0 Å². The molecule has 116 valence electrons. The van der Waals surface area contributed by atoms with Crippen molar-refractivity contribution in [1.82, 2.24) is 4.90 Å². The number of aryl methyl sites for hydroxylation is 1. The number of nitrogens with zero attached hydrogens (tertiary/aromatic N) is 1. The molecule has 0 radical (unpaired) electrons. The summed E-state index contributed by atoms with van der Waals surface area (Å²) in [4.78, 5) is 24.6. The van der Waals surface area contributed by atoms with Crippen molar-refractivity contribution in [2.45, 2.75) is 52.5 Å². The summed E-state index contributed by atoms with van der Waals surface area (Å²) in [5.74, 6) is -1.00. The van der Waals surface area contributed by atoms with Gasteiger partial charge in [-0.1, -0.05) is 38.1 Å². The molecule has 0 spiro atoms. The molecule has 1 aromatic rings. The molecular weight excluding hydrogens is 266 g/mol. The van der Waals surface area contributed by atoms with Crippen LogP contribution in [0.2, 0.25) is 0 Å². The van der Waals surface area contributed by atoms with Crippen molar-refractivity contribution in [3.05, 3.63) is 35.4 Å². The van der Waals surface area contributed by atoms with Crippen molar-refractivity contribution in [2.24, 2.45) is 0 Å². The van der Waals surface area contributed by atoms with E-state index in [4.69, 9.17) is 5.11 Å². The van der Waals surface area contributed by atoms with Crippen LogP contribution in [0.1, 0.15) is 51.2 Å². The van der Waals surface area contributed by atoms with Crippen LogP contribution in [-0.4, -0.2) is 34.5 Å². The SMILES string of the molecule is CCc1ccc(C(C)CC(=O)N(CC(=O)O)C(C)C)cc1. The number of rotatable bonds is 7. The minimum atomic E-state index is -0.975. The van der Waals surface area contributed by atoms with Gasteiger partial charge in [0.05, 0.1) is 0 Å². The minimum Gasteiger partial charge on any atom is -0.480 e. The van der Waals surface area contributed by atoms with Crippen LogP contribution in [0.5, 0.6) is 0 Å². The van der Waals surface area contributed by atoms with Gasteiger partial charge in [-0.2, -0.15) is 0 Å². The Kier molecular flexibility index (Phi) is 6.40. The molecule has 1 rings (SSSR count). The average Bonchev–Trinajstić information content (AvgIpc) is 2.44. The van der Waals surface area contributed by atoms with Gasteiger partial charge >= 0.3 is 5.97 Å². The Balaban J connectivity index is 2.72. The van der Waals surface area contributed by atoms with Gasteiger partial charge < -0.3 is 10.0 Å². The molecule has 4 heteroatoms. The molecule has 0 aromatic heterocycles. The zero-order chi connectivity index (χ0) is 16.0. The molecule has 1 aromatic carbocycles. The first-order valence-electron chi connectivity index (χ1n) is 7.45. The summed E-state index contributed by atoms with van der Waals surface area (Å²) in [6, 6.07) is 8.14. The largest absolute Gasteiger partial charge is 0.480 e. The van der Waals surface area contributed by atoms with Gasteiger partial charge in [0, 0.05) is 12.5 Å². The Hall–Kier alpha value is -1.84. The van der Waals surface area contributed by atoms with Crippen LogP contribution in [0.4, 0.5) is 0 Å². The quantitative estimate of drug-likeness (QED) is 0.840. The van der Waals surface area contributed by atoms with Crippen molar-refractivity contribution in [2.75, 3.05) is 6.54 Å². The molecule has 0 saturated carbocycles. The van der Waals surface area contributed by atoms with Crippen molar-refractivity contribution < 1.29 is 14.7 Å². The first kappa shape index (κ1) is 17.2. The number of hydrogen-bond donors (Lipinski definition) is 1. The van der Waals surface area contributed by atoms with E-state index in [9.17, 15) is 9.59 Å². The fourth-order valence-electron chi connectivity index (χ4n) is 2.28. The van der Waals surface area contributed by atoms with Crippen LogP contribution in [-0.2, 0) is 16.0 Å². The van der Waals surface area contributed by atoms with Gasteiger partial charge in [-0.15, -0.1) is 0 Å². The van der Waals surface area contributed by atoms with Crippen molar-refractivity contribution in [3.8, 4) is 0 Å². The maximum absolute atomic E-state index is 12.3. The van der Waals surface area contributed by atoms with Crippen LogP contribution in [0.15, 0.2) is 24.3 Å². The summed E-state index contributed by atoms with van der Waals surface area (Å²) in [7, 11) is 0. The Bertz CT molecular complexity index is 479. The van der Waals surface area contributed by atoms with E-state index < -0.39 is 5.97 Å². The number of benzene rings is 1. The first-order chi connectivity index (χ1) is 9.85. The average molecular weight is 291 g/mol. The predicted molar refractivity (Wildman–Crippen MR) is 83.3 cm³/mol. The highest BCUT2D eigenvalue weighted by molar-refractivity contribution is 5.82. The number of carboxylic acids is 1. The Morgan fingerprint density at radius 3 is 2.14 bits per heavy atom. The number of aliphatic carboxylic acids is 1. The van der Waals surface area contributed by atoms with Gasteiger partial charge in [0.1, 0.15) is 6.54 Å². The van der Waals surface area contributed by atoms with E-state index in [0.29, 0.717) is 6.42 Å². The maximum Gasteiger partial charge on any atom is 0.323 e. The number of hydrogen-bond acceptors (Lipinski definition) is 2. The summed E-state index contributed by atoms with van der Waals surface area (Å²) < 4.78 is 0. The van der Waals surface area contributed by atoms with Crippen molar-refractivity contribution in [1.29, 1.82) is 0 Å². The second-order valence-electron chi connectivity index (χ2n) is 5.71. The van der Waals surface area contributed by atoms with Gasteiger partial charge in [0.2, 0.25) is 5.91 Å². The molecule has 0 aliphatic carbocycles. The first-order valence-corrected chi connectivity index (χ1v) is 7.45. The van der Waals surface area contributed by atoms with E-state index in [1.165, 1.54) is 10.5 Å². The molecule has 4 nitrogen and oxygen atoms in total. The second-order valence-corrected chi connectivity index (χ2v) is 5.71. The molecule has 0 fully saturated rings. The number of carboxylic acid groups (broad SMARTS) is 1. The van der Waals surface area contributed by atoms with Crippen LogP contribution < -0.4 is 0 Å². The molecule has 1 unspecified atom stereocenters. The lowest BCUT2D eigenvalue weighted by Gasteiger charge is -2.26. The van der Waals surface area contributed by atoms with E-state index in [0.717, 1.165) is 12.0 Å². The normalized spacial score (nSPS) is 12.2. The molecule has 0 bridgehead atoms. The molecule has 0 aliphatic rings. The summed E-state index contributed by atoms with van der Waals surface area (Å²) in [6.07, 6.45) is 1.32. The van der Waals surface area contributed by atoms with Crippen molar-refractivity contribution >= 4 is 11.9 Å². The molecule has 1 amide bonds. The zero-order valence-electron chi connectivity index (χ0n) is 13.3. The van der Waals surface area contributed by atoms with E-state index in [2.05, 4.69) is 19.1 Å². The van der Waals surface area contributed by atoms with Gasteiger partial charge in [-0.3, -0.25) is 9.59 Å². The van der Waals surface area contributed by atoms with E-state index in [1.807, 2.05) is 32.9 Å². The van der Waals surface area contributed by atoms with E-state index in [1.54, 1.807) is 0 Å². The van der Waals surface area contributed by atoms with Gasteiger partial charge in [0.25, 0.3) is 0 Å². The lowest BCUT2D eigenvalue weighted by Crippen LogP contribution is -2.41. The molecule has 0 aliphatic heterocycles. The predicted octanol–water partition coefficient (Wildman–Crippen LogP) is 3.06. The fourth-order valence-corrected chi connectivity index (χ4v) is 2.28. The van der Waals surface area contributed by atoms with Gasteiger partial charge in [-0.05, 0) is 37.3 Å². The molecule has 21 heavy (non-hydrogen) atoms. The highest BCUT2D eigenvalue weighted by atomic mass is 16.4. The van der Waals surface area contributed by atoms with Crippen LogP contribution >= 0.6 is 0 Å². The zero-order valence-corrected chi connectivity index (χ0v) is 13.3. The fraction of sp³-hybridized carbons (Fsp3) is 0.529. The monoisotopic (exact) mass is 291 g/mol.